The number of rotatable bonds is 1. The molecule has 8 heteroatoms. The van der Waals surface area contributed by atoms with E-state index in [4.69, 9.17) is 16.7 Å². The Kier molecular flexibility index (Phi) is 5.45. The van der Waals surface area contributed by atoms with Crippen LogP contribution in [0.1, 0.15) is 16.1 Å². The van der Waals surface area contributed by atoms with Gasteiger partial charge in [0.05, 0.1) is 5.56 Å². The fourth-order valence-corrected chi connectivity index (χ4v) is 1.30. The van der Waals surface area contributed by atoms with Crippen molar-refractivity contribution in [3.05, 3.63) is 59.1 Å². The van der Waals surface area contributed by atoms with Crippen LogP contribution in [0.15, 0.2) is 42.7 Å². The van der Waals surface area contributed by atoms with Crippen molar-refractivity contribution in [3.8, 4) is 0 Å². The molecule has 0 atom stereocenters. The zero-order chi connectivity index (χ0) is 15.2. The van der Waals surface area contributed by atoms with Gasteiger partial charge in [-0.3, -0.25) is 4.98 Å². The number of carboxylic acid groups (broad SMARTS) is 1. The van der Waals surface area contributed by atoms with E-state index in [1.807, 2.05) is 18.2 Å². The van der Waals surface area contributed by atoms with Crippen molar-refractivity contribution < 1.29 is 23.1 Å². The minimum atomic E-state index is -4.62. The maximum absolute atomic E-state index is 12.0. The summed E-state index contributed by atoms with van der Waals surface area (Å²) < 4.78 is 36.1. The summed E-state index contributed by atoms with van der Waals surface area (Å²) in [4.78, 5) is 17.1. The molecule has 0 aliphatic carbocycles. The number of hydrogen-bond acceptors (Lipinski definition) is 3. The van der Waals surface area contributed by atoms with Gasteiger partial charge in [0, 0.05) is 12.4 Å². The first-order valence-electron chi connectivity index (χ1n) is 5.14. The number of carbonyl (C=O) groups is 1. The standard InChI is InChI=1S/C7H3ClF3NO2.C5H5N/c8-5-3(6(13)14)1-2-4(12-5)7(9,10)11;1-2-4-6-5-3-1/h1-2H,(H,13,14);1-5H. The van der Waals surface area contributed by atoms with Gasteiger partial charge in [0.15, 0.2) is 0 Å². The molecule has 1 N–H and O–H groups in total. The third-order valence-electron chi connectivity index (χ3n) is 1.94. The predicted molar refractivity (Wildman–Crippen MR) is 65.4 cm³/mol. The Balaban J connectivity index is 0.000000276. The topological polar surface area (TPSA) is 63.1 Å². The molecule has 0 spiro atoms. The van der Waals surface area contributed by atoms with Crippen LogP contribution in [0.2, 0.25) is 5.15 Å². The average Bonchev–Trinajstić information content (AvgIpc) is 2.40. The molecule has 0 fully saturated rings. The fraction of sp³-hybridized carbons (Fsp3) is 0.0833. The zero-order valence-electron chi connectivity index (χ0n) is 9.80. The highest BCUT2D eigenvalue weighted by Gasteiger charge is 2.33. The minimum Gasteiger partial charge on any atom is -0.478 e. The average molecular weight is 305 g/mol. The number of halogens is 4. The van der Waals surface area contributed by atoms with Crippen molar-refractivity contribution in [2.75, 3.05) is 0 Å². The van der Waals surface area contributed by atoms with Gasteiger partial charge in [-0.15, -0.1) is 0 Å². The first kappa shape index (κ1) is 15.9. The Hall–Kier alpha value is -2.15. The van der Waals surface area contributed by atoms with E-state index in [1.54, 1.807) is 12.4 Å². The monoisotopic (exact) mass is 304 g/mol. The summed E-state index contributed by atoms with van der Waals surface area (Å²) >= 11 is 5.24. The van der Waals surface area contributed by atoms with Gasteiger partial charge < -0.3 is 5.11 Å². The zero-order valence-corrected chi connectivity index (χ0v) is 10.6. The van der Waals surface area contributed by atoms with Crippen LogP contribution in [0.5, 0.6) is 0 Å². The summed E-state index contributed by atoms with van der Waals surface area (Å²) in [5, 5.41) is 7.78. The molecule has 0 amide bonds. The van der Waals surface area contributed by atoms with Gasteiger partial charge in [-0.05, 0) is 24.3 Å². The number of hydrogen-bond donors (Lipinski definition) is 1. The van der Waals surface area contributed by atoms with E-state index >= 15 is 0 Å². The molecule has 2 aromatic rings. The molecule has 2 rings (SSSR count). The smallest absolute Gasteiger partial charge is 0.433 e. The van der Waals surface area contributed by atoms with Crippen molar-refractivity contribution in [1.29, 1.82) is 0 Å². The summed E-state index contributed by atoms with van der Waals surface area (Å²) in [6.45, 7) is 0. The lowest BCUT2D eigenvalue weighted by Crippen LogP contribution is -2.10. The molecule has 0 aliphatic heterocycles. The van der Waals surface area contributed by atoms with E-state index < -0.39 is 28.6 Å². The summed E-state index contributed by atoms with van der Waals surface area (Å²) in [5.74, 6) is -1.42. The van der Waals surface area contributed by atoms with E-state index in [0.717, 1.165) is 6.07 Å². The number of alkyl halides is 3. The van der Waals surface area contributed by atoms with Crippen LogP contribution < -0.4 is 0 Å². The Labute approximate surface area is 116 Å². The van der Waals surface area contributed by atoms with Gasteiger partial charge in [0.25, 0.3) is 0 Å². The quantitative estimate of drug-likeness (QED) is 0.819. The SMILES string of the molecule is O=C(O)c1ccc(C(F)(F)F)nc1Cl.c1ccncc1. The van der Waals surface area contributed by atoms with Gasteiger partial charge in [-0.25, -0.2) is 9.78 Å². The van der Waals surface area contributed by atoms with Crippen LogP contribution >= 0.6 is 11.6 Å². The van der Waals surface area contributed by atoms with E-state index in [0.29, 0.717) is 6.07 Å². The maximum atomic E-state index is 12.0. The summed E-state index contributed by atoms with van der Waals surface area (Å²) in [6.07, 6.45) is -1.12. The second-order valence-corrected chi connectivity index (χ2v) is 3.72. The minimum absolute atomic E-state index is 0.459. The summed E-state index contributed by atoms with van der Waals surface area (Å²) in [6, 6.07) is 7.04. The number of aromatic nitrogens is 2. The van der Waals surface area contributed by atoms with Crippen LogP contribution in [0.25, 0.3) is 0 Å². The van der Waals surface area contributed by atoms with Crippen LogP contribution in [0.4, 0.5) is 13.2 Å². The highest BCUT2D eigenvalue weighted by molar-refractivity contribution is 6.32. The van der Waals surface area contributed by atoms with Crippen molar-refractivity contribution >= 4 is 17.6 Å². The van der Waals surface area contributed by atoms with E-state index in [-0.39, 0.29) is 0 Å². The van der Waals surface area contributed by atoms with Gasteiger partial charge in [0.2, 0.25) is 0 Å². The number of nitrogens with zero attached hydrogens (tertiary/aromatic N) is 2. The van der Waals surface area contributed by atoms with E-state index in [1.165, 1.54) is 0 Å². The lowest BCUT2D eigenvalue weighted by molar-refractivity contribution is -0.141. The Morgan fingerprint density at radius 2 is 1.75 bits per heavy atom. The molecule has 0 aromatic carbocycles. The fourth-order valence-electron chi connectivity index (χ4n) is 1.06. The molecule has 0 aliphatic rings. The van der Waals surface area contributed by atoms with E-state index in [9.17, 15) is 18.0 Å². The lowest BCUT2D eigenvalue weighted by Gasteiger charge is -2.06. The highest BCUT2D eigenvalue weighted by Crippen LogP contribution is 2.29. The molecule has 0 radical (unpaired) electrons. The van der Waals surface area contributed by atoms with Crippen molar-refractivity contribution in [3.63, 3.8) is 0 Å². The first-order valence-corrected chi connectivity index (χ1v) is 5.52. The van der Waals surface area contributed by atoms with Gasteiger partial charge in [-0.2, -0.15) is 13.2 Å². The Morgan fingerprint density at radius 1 is 1.15 bits per heavy atom. The van der Waals surface area contributed by atoms with Gasteiger partial charge >= 0.3 is 12.1 Å². The third kappa shape index (κ3) is 4.85. The lowest BCUT2D eigenvalue weighted by atomic mass is 10.2. The molecular formula is C12H8ClF3N2O2. The number of aromatic carboxylic acids is 1. The molecule has 20 heavy (non-hydrogen) atoms. The number of carboxylic acids is 1. The normalized spacial score (nSPS) is 10.4. The maximum Gasteiger partial charge on any atom is 0.433 e. The largest absolute Gasteiger partial charge is 0.478 e. The van der Waals surface area contributed by atoms with Crippen molar-refractivity contribution in [1.82, 2.24) is 9.97 Å². The van der Waals surface area contributed by atoms with E-state index in [2.05, 4.69) is 9.97 Å². The van der Waals surface area contributed by atoms with Crippen molar-refractivity contribution in [2.45, 2.75) is 6.18 Å². The molecular weight excluding hydrogens is 297 g/mol. The highest BCUT2D eigenvalue weighted by atomic mass is 35.5. The summed E-state index contributed by atoms with van der Waals surface area (Å²) in [7, 11) is 0. The van der Waals surface area contributed by atoms with Crippen LogP contribution in [-0.4, -0.2) is 21.0 Å². The molecule has 4 nitrogen and oxygen atoms in total. The van der Waals surface area contributed by atoms with Crippen LogP contribution in [0.3, 0.4) is 0 Å². The second-order valence-electron chi connectivity index (χ2n) is 3.36. The molecule has 0 bridgehead atoms. The third-order valence-corrected chi connectivity index (χ3v) is 2.22. The number of pyridine rings is 2. The second kappa shape index (κ2) is 6.85. The molecule has 2 heterocycles. The predicted octanol–water partition coefficient (Wildman–Crippen LogP) is 3.53. The molecule has 106 valence electrons. The van der Waals surface area contributed by atoms with Gasteiger partial charge in [-0.1, -0.05) is 17.7 Å². The van der Waals surface area contributed by atoms with Crippen LogP contribution in [-0.2, 0) is 6.18 Å². The molecule has 0 saturated carbocycles. The molecule has 2 aromatic heterocycles. The Morgan fingerprint density at radius 3 is 2.05 bits per heavy atom. The van der Waals surface area contributed by atoms with Gasteiger partial charge in [0.1, 0.15) is 10.8 Å². The summed E-state index contributed by atoms with van der Waals surface area (Å²) in [5.41, 5.74) is -1.67. The molecule has 0 unspecified atom stereocenters. The van der Waals surface area contributed by atoms with Crippen molar-refractivity contribution in [2.24, 2.45) is 0 Å². The van der Waals surface area contributed by atoms with Crippen LogP contribution in [0, 0.1) is 0 Å². The first-order chi connectivity index (χ1) is 9.32. The molecule has 0 saturated heterocycles. The Bertz CT molecular complexity index is 550.